The van der Waals surface area contributed by atoms with Crippen LogP contribution in [0.2, 0.25) is 0 Å². The van der Waals surface area contributed by atoms with Gasteiger partial charge in [-0.1, -0.05) is 30.3 Å². The molecule has 0 heterocycles. The molecule has 0 radical (unpaired) electrons. The number of carbonyl (C=O) groups is 1. The number of hydrogen-bond acceptors (Lipinski definition) is 2. The standard InChI is InChI=1S/C16H16F2N2O/c17-13-8-11(9-14(18)10-13)6-7-20-15(16(19)21)12-4-2-1-3-5-12/h1-5,8-10,15,20H,6-7H2,(H2,19,21)/t15-/m0/s1. The van der Waals surface area contributed by atoms with Gasteiger partial charge in [-0.15, -0.1) is 0 Å². The lowest BCUT2D eigenvalue weighted by Gasteiger charge is -2.15. The van der Waals surface area contributed by atoms with E-state index in [-0.39, 0.29) is 0 Å². The molecular formula is C16H16F2N2O. The van der Waals surface area contributed by atoms with Crippen LogP contribution in [0.4, 0.5) is 8.78 Å². The van der Waals surface area contributed by atoms with Gasteiger partial charge in [-0.25, -0.2) is 8.78 Å². The fraction of sp³-hybridized carbons (Fsp3) is 0.188. The molecule has 0 unspecified atom stereocenters. The maximum Gasteiger partial charge on any atom is 0.239 e. The third-order valence-corrected chi connectivity index (χ3v) is 3.10. The number of rotatable bonds is 6. The number of hydrogen-bond donors (Lipinski definition) is 2. The van der Waals surface area contributed by atoms with Gasteiger partial charge in [0.2, 0.25) is 5.91 Å². The Hall–Kier alpha value is -2.27. The van der Waals surface area contributed by atoms with Crippen LogP contribution >= 0.6 is 0 Å². The molecule has 2 aromatic rings. The molecular weight excluding hydrogens is 274 g/mol. The minimum absolute atomic E-state index is 0.380. The third kappa shape index (κ3) is 4.36. The Morgan fingerprint density at radius 3 is 2.29 bits per heavy atom. The predicted octanol–water partition coefficient (Wildman–Crippen LogP) is 2.32. The van der Waals surface area contributed by atoms with Crippen LogP contribution in [0.1, 0.15) is 17.2 Å². The predicted molar refractivity (Wildman–Crippen MR) is 76.4 cm³/mol. The zero-order valence-electron chi connectivity index (χ0n) is 11.4. The van der Waals surface area contributed by atoms with E-state index in [4.69, 9.17) is 5.73 Å². The number of nitrogens with one attached hydrogen (secondary N) is 1. The van der Waals surface area contributed by atoms with Gasteiger partial charge in [0.25, 0.3) is 0 Å². The van der Waals surface area contributed by atoms with Crippen LogP contribution in [0.15, 0.2) is 48.5 Å². The molecule has 1 atom stereocenters. The first-order chi connectivity index (χ1) is 10.1. The van der Waals surface area contributed by atoms with Gasteiger partial charge in [0.05, 0.1) is 0 Å². The van der Waals surface area contributed by atoms with E-state index in [0.717, 1.165) is 11.6 Å². The summed E-state index contributed by atoms with van der Waals surface area (Å²) in [7, 11) is 0. The van der Waals surface area contributed by atoms with Gasteiger partial charge in [-0.05, 0) is 29.7 Å². The minimum Gasteiger partial charge on any atom is -0.368 e. The van der Waals surface area contributed by atoms with E-state index >= 15 is 0 Å². The Morgan fingerprint density at radius 1 is 1.10 bits per heavy atom. The summed E-state index contributed by atoms with van der Waals surface area (Å²) in [4.78, 5) is 11.5. The maximum atomic E-state index is 13.1. The third-order valence-electron chi connectivity index (χ3n) is 3.10. The molecule has 0 aliphatic rings. The molecule has 0 aliphatic heterocycles. The first-order valence-corrected chi connectivity index (χ1v) is 6.59. The monoisotopic (exact) mass is 290 g/mol. The van der Waals surface area contributed by atoms with Gasteiger partial charge in [-0.2, -0.15) is 0 Å². The smallest absolute Gasteiger partial charge is 0.239 e. The summed E-state index contributed by atoms with van der Waals surface area (Å²) in [6.45, 7) is 0.380. The van der Waals surface area contributed by atoms with Crippen molar-refractivity contribution in [3.63, 3.8) is 0 Å². The van der Waals surface area contributed by atoms with Crippen LogP contribution in [0.25, 0.3) is 0 Å². The summed E-state index contributed by atoms with van der Waals surface area (Å²) in [6, 6.07) is 11.8. The number of halogens is 2. The number of benzene rings is 2. The molecule has 0 fully saturated rings. The van der Waals surface area contributed by atoms with E-state index < -0.39 is 23.6 Å². The molecule has 3 N–H and O–H groups in total. The van der Waals surface area contributed by atoms with E-state index in [1.165, 1.54) is 12.1 Å². The largest absolute Gasteiger partial charge is 0.368 e. The molecule has 110 valence electrons. The van der Waals surface area contributed by atoms with E-state index in [2.05, 4.69) is 5.32 Å². The fourth-order valence-electron chi connectivity index (χ4n) is 2.14. The second kappa shape index (κ2) is 6.95. The average Bonchev–Trinajstić information content (AvgIpc) is 2.43. The molecule has 0 spiro atoms. The second-order valence-corrected chi connectivity index (χ2v) is 4.73. The highest BCUT2D eigenvalue weighted by molar-refractivity contribution is 5.81. The summed E-state index contributed by atoms with van der Waals surface area (Å²) in [5.74, 6) is -1.72. The average molecular weight is 290 g/mol. The van der Waals surface area contributed by atoms with E-state index in [1.54, 1.807) is 12.1 Å². The van der Waals surface area contributed by atoms with Gasteiger partial charge in [0.15, 0.2) is 0 Å². The van der Waals surface area contributed by atoms with Crippen molar-refractivity contribution in [3.05, 3.63) is 71.3 Å². The number of nitrogens with two attached hydrogens (primary N) is 1. The van der Waals surface area contributed by atoms with E-state index in [1.807, 2.05) is 18.2 Å². The fourth-order valence-corrected chi connectivity index (χ4v) is 2.14. The topological polar surface area (TPSA) is 55.1 Å². The van der Waals surface area contributed by atoms with Gasteiger partial charge >= 0.3 is 0 Å². The zero-order valence-corrected chi connectivity index (χ0v) is 11.4. The Bertz CT molecular complexity index is 597. The highest BCUT2D eigenvalue weighted by atomic mass is 19.1. The number of primary amides is 1. The summed E-state index contributed by atoms with van der Waals surface area (Å²) in [5, 5.41) is 3.00. The van der Waals surface area contributed by atoms with Gasteiger partial charge < -0.3 is 11.1 Å². The highest BCUT2D eigenvalue weighted by Gasteiger charge is 2.16. The van der Waals surface area contributed by atoms with Crippen molar-refractivity contribution in [2.45, 2.75) is 12.5 Å². The van der Waals surface area contributed by atoms with Crippen LogP contribution < -0.4 is 11.1 Å². The lowest BCUT2D eigenvalue weighted by atomic mass is 10.1. The minimum atomic E-state index is -0.621. The van der Waals surface area contributed by atoms with Crippen molar-refractivity contribution in [3.8, 4) is 0 Å². The first-order valence-electron chi connectivity index (χ1n) is 6.59. The van der Waals surface area contributed by atoms with E-state index in [9.17, 15) is 13.6 Å². The zero-order chi connectivity index (χ0) is 15.2. The van der Waals surface area contributed by atoms with Crippen molar-refractivity contribution < 1.29 is 13.6 Å². The number of carbonyl (C=O) groups excluding carboxylic acids is 1. The Morgan fingerprint density at radius 2 is 1.71 bits per heavy atom. The summed E-state index contributed by atoms with van der Waals surface area (Å²) < 4.78 is 26.1. The lowest BCUT2D eigenvalue weighted by molar-refractivity contribution is -0.120. The molecule has 3 nitrogen and oxygen atoms in total. The maximum absolute atomic E-state index is 13.1. The van der Waals surface area contributed by atoms with Gasteiger partial charge in [0, 0.05) is 12.6 Å². The Kier molecular flexibility index (Phi) is 5.00. The molecule has 21 heavy (non-hydrogen) atoms. The lowest BCUT2D eigenvalue weighted by Crippen LogP contribution is -2.34. The molecule has 5 heteroatoms. The SMILES string of the molecule is NC(=O)[C@@H](NCCc1cc(F)cc(F)c1)c1ccccc1. The van der Waals surface area contributed by atoms with Crippen LogP contribution in [0.5, 0.6) is 0 Å². The van der Waals surface area contributed by atoms with Crippen LogP contribution in [-0.4, -0.2) is 12.5 Å². The molecule has 0 aliphatic carbocycles. The van der Waals surface area contributed by atoms with Crippen molar-refractivity contribution in [1.82, 2.24) is 5.32 Å². The molecule has 0 bridgehead atoms. The van der Waals surface area contributed by atoms with Crippen molar-refractivity contribution in [2.75, 3.05) is 6.54 Å². The summed E-state index contributed by atoms with van der Waals surface area (Å²) >= 11 is 0. The molecule has 0 saturated heterocycles. The summed E-state index contributed by atoms with van der Waals surface area (Å²) in [5.41, 5.74) is 6.66. The first kappa shape index (κ1) is 15.1. The van der Waals surface area contributed by atoms with E-state index in [0.29, 0.717) is 18.5 Å². The second-order valence-electron chi connectivity index (χ2n) is 4.73. The van der Waals surface area contributed by atoms with Crippen LogP contribution in [0, 0.1) is 11.6 Å². The molecule has 0 aromatic heterocycles. The molecule has 1 amide bonds. The highest BCUT2D eigenvalue weighted by Crippen LogP contribution is 2.13. The van der Waals surface area contributed by atoms with Crippen LogP contribution in [-0.2, 0) is 11.2 Å². The molecule has 2 rings (SSSR count). The van der Waals surface area contributed by atoms with Crippen molar-refractivity contribution in [1.29, 1.82) is 0 Å². The Labute approximate surface area is 121 Å². The quantitative estimate of drug-likeness (QED) is 0.858. The van der Waals surface area contributed by atoms with Crippen molar-refractivity contribution in [2.24, 2.45) is 5.73 Å². The number of amides is 1. The molecule has 2 aromatic carbocycles. The van der Waals surface area contributed by atoms with Gasteiger partial charge in [-0.3, -0.25) is 4.79 Å². The Balaban J connectivity index is 1.98. The summed E-state index contributed by atoms with van der Waals surface area (Å²) in [6.07, 6.45) is 0.394. The van der Waals surface area contributed by atoms with Crippen LogP contribution in [0.3, 0.4) is 0 Å². The van der Waals surface area contributed by atoms with Gasteiger partial charge in [0.1, 0.15) is 17.7 Å². The molecule has 0 saturated carbocycles. The van der Waals surface area contributed by atoms with Crippen molar-refractivity contribution >= 4 is 5.91 Å². The normalized spacial score (nSPS) is 12.1.